The first-order valence-corrected chi connectivity index (χ1v) is 13.4. The van der Waals surface area contributed by atoms with Crippen LogP contribution in [0.2, 0.25) is 0 Å². The number of rotatable bonds is 4. The van der Waals surface area contributed by atoms with E-state index in [1.165, 1.54) is 13.5 Å². The lowest BCUT2D eigenvalue weighted by atomic mass is 9.83. The molecule has 0 atom stereocenters. The third kappa shape index (κ3) is 6.34. The molecule has 8 heteroatoms. The van der Waals surface area contributed by atoms with E-state index < -0.39 is 11.5 Å². The SMILES string of the molecule is COC(=O)C1(NC(=O)c2cc3ccccc3cc2N)CCCCCCC1.Nc1cc2ccccc2cc1C(=O)O. The standard InChI is InChI=1S/C21H26N2O3.C11H9NO2/c1-26-20(25)21(11-7-3-2-4-8-12-21)23-19(24)17-13-15-9-5-6-10-16(15)14-18(17)22;12-10-6-8-4-2-1-3-7(8)5-9(10)11(13)14/h5-6,9-10,13-14H,2-4,7-8,11-12,22H2,1H3,(H,23,24);1-6H,12H2,(H,13,14). The maximum Gasteiger partial charge on any atom is 0.337 e. The second kappa shape index (κ2) is 12.5. The Morgan fingerprint density at radius 3 is 1.62 bits per heavy atom. The first-order chi connectivity index (χ1) is 19.2. The number of nitrogens with one attached hydrogen (secondary N) is 1. The summed E-state index contributed by atoms with van der Waals surface area (Å²) in [4.78, 5) is 36.3. The molecule has 0 unspecified atom stereocenters. The normalized spacial score (nSPS) is 14.7. The number of hydrogen-bond acceptors (Lipinski definition) is 6. The molecule has 208 valence electrons. The molecule has 0 heterocycles. The zero-order chi connectivity index (χ0) is 28.7. The minimum atomic E-state index is -0.992. The highest BCUT2D eigenvalue weighted by Gasteiger charge is 2.41. The number of anilines is 2. The first kappa shape index (κ1) is 28.4. The molecule has 1 aliphatic carbocycles. The molecular weight excluding hydrogens is 506 g/mol. The summed E-state index contributed by atoms with van der Waals surface area (Å²) < 4.78 is 5.04. The second-order valence-corrected chi connectivity index (χ2v) is 10.2. The number of ether oxygens (including phenoxy) is 1. The van der Waals surface area contributed by atoms with Crippen LogP contribution in [0.5, 0.6) is 0 Å². The summed E-state index contributed by atoms with van der Waals surface area (Å²) in [5, 5.41) is 15.6. The average Bonchev–Trinajstić information content (AvgIpc) is 2.93. The third-order valence-corrected chi connectivity index (χ3v) is 7.45. The molecule has 1 saturated carbocycles. The molecule has 0 aromatic heterocycles. The van der Waals surface area contributed by atoms with Gasteiger partial charge >= 0.3 is 11.9 Å². The Balaban J connectivity index is 0.000000222. The van der Waals surface area contributed by atoms with Crippen LogP contribution in [0.4, 0.5) is 11.4 Å². The molecule has 8 nitrogen and oxygen atoms in total. The Hall–Kier alpha value is -4.59. The van der Waals surface area contributed by atoms with Crippen molar-refractivity contribution < 1.29 is 24.2 Å². The number of methoxy groups -OCH3 is 1. The molecule has 4 aromatic carbocycles. The number of nitrogen functional groups attached to an aromatic ring is 2. The van der Waals surface area contributed by atoms with Gasteiger partial charge in [-0.1, -0.05) is 80.6 Å². The van der Waals surface area contributed by atoms with Gasteiger partial charge in [0.05, 0.1) is 18.2 Å². The smallest absolute Gasteiger partial charge is 0.337 e. The summed E-state index contributed by atoms with van der Waals surface area (Å²) in [7, 11) is 1.37. The van der Waals surface area contributed by atoms with Crippen LogP contribution >= 0.6 is 0 Å². The van der Waals surface area contributed by atoms with Crippen LogP contribution < -0.4 is 16.8 Å². The maximum atomic E-state index is 13.0. The van der Waals surface area contributed by atoms with Crippen molar-refractivity contribution in [3.63, 3.8) is 0 Å². The fraction of sp³-hybridized carbons (Fsp3) is 0.281. The minimum Gasteiger partial charge on any atom is -0.478 e. The topological polar surface area (TPSA) is 145 Å². The van der Waals surface area contributed by atoms with Crippen LogP contribution in [0.15, 0.2) is 72.8 Å². The van der Waals surface area contributed by atoms with Crippen molar-refractivity contribution in [3.8, 4) is 0 Å². The van der Waals surface area contributed by atoms with E-state index in [0.29, 0.717) is 29.8 Å². The number of nitrogens with two attached hydrogens (primary N) is 2. The molecule has 0 bridgehead atoms. The van der Waals surface area contributed by atoms with Gasteiger partial charge in [0.1, 0.15) is 5.54 Å². The van der Waals surface area contributed by atoms with Gasteiger partial charge in [0.25, 0.3) is 5.91 Å². The van der Waals surface area contributed by atoms with Gasteiger partial charge in [-0.25, -0.2) is 9.59 Å². The van der Waals surface area contributed by atoms with Gasteiger partial charge < -0.3 is 26.6 Å². The molecular formula is C32H35N3O5. The second-order valence-electron chi connectivity index (χ2n) is 10.2. The van der Waals surface area contributed by atoms with Gasteiger partial charge in [0.15, 0.2) is 0 Å². The Morgan fingerprint density at radius 1 is 0.725 bits per heavy atom. The van der Waals surface area contributed by atoms with Crippen LogP contribution in [0, 0.1) is 0 Å². The lowest BCUT2D eigenvalue weighted by molar-refractivity contribution is -0.149. The van der Waals surface area contributed by atoms with E-state index in [9.17, 15) is 14.4 Å². The highest BCUT2D eigenvalue weighted by atomic mass is 16.5. The number of benzene rings is 4. The van der Waals surface area contributed by atoms with Crippen LogP contribution in [0.3, 0.4) is 0 Å². The van der Waals surface area contributed by atoms with Crippen molar-refractivity contribution in [2.24, 2.45) is 0 Å². The summed E-state index contributed by atoms with van der Waals surface area (Å²) in [6.45, 7) is 0. The summed E-state index contributed by atoms with van der Waals surface area (Å²) in [5.41, 5.74) is 12.0. The van der Waals surface area contributed by atoms with Crippen LogP contribution in [-0.2, 0) is 9.53 Å². The van der Waals surface area contributed by atoms with Crippen molar-refractivity contribution in [3.05, 3.63) is 83.9 Å². The number of fused-ring (bicyclic) bond motifs is 2. The molecule has 6 N–H and O–H groups in total. The average molecular weight is 542 g/mol. The minimum absolute atomic E-state index is 0.156. The number of esters is 1. The number of carbonyl (C=O) groups excluding carboxylic acids is 2. The number of carboxylic acids is 1. The van der Waals surface area contributed by atoms with Crippen molar-refractivity contribution in [1.29, 1.82) is 0 Å². The summed E-state index contributed by atoms with van der Waals surface area (Å²) in [6, 6.07) is 22.1. The van der Waals surface area contributed by atoms with Gasteiger partial charge in [-0.2, -0.15) is 0 Å². The van der Waals surface area contributed by atoms with Gasteiger partial charge in [0, 0.05) is 11.4 Å². The number of carbonyl (C=O) groups is 3. The lowest BCUT2D eigenvalue weighted by Crippen LogP contribution is -2.55. The number of carboxylic acid groups (broad SMARTS) is 1. The van der Waals surface area contributed by atoms with E-state index in [1.54, 1.807) is 24.3 Å². The van der Waals surface area contributed by atoms with Crippen molar-refractivity contribution >= 4 is 50.8 Å². The van der Waals surface area contributed by atoms with Crippen LogP contribution in [-0.4, -0.2) is 35.6 Å². The molecule has 1 amide bonds. The van der Waals surface area contributed by atoms with Crippen LogP contribution in [0.1, 0.15) is 65.7 Å². The largest absolute Gasteiger partial charge is 0.478 e. The van der Waals surface area contributed by atoms with Gasteiger partial charge in [-0.05, 0) is 58.7 Å². The Bertz CT molecular complexity index is 1540. The quantitative estimate of drug-likeness (QED) is 0.185. The van der Waals surface area contributed by atoms with E-state index in [0.717, 1.165) is 47.2 Å². The molecule has 40 heavy (non-hydrogen) atoms. The monoisotopic (exact) mass is 541 g/mol. The Labute approximate surface area is 233 Å². The van der Waals surface area contributed by atoms with E-state index in [2.05, 4.69) is 5.32 Å². The highest BCUT2D eigenvalue weighted by molar-refractivity contribution is 6.05. The van der Waals surface area contributed by atoms with E-state index in [4.69, 9.17) is 21.3 Å². The van der Waals surface area contributed by atoms with Crippen molar-refractivity contribution in [1.82, 2.24) is 5.32 Å². The molecule has 1 fully saturated rings. The number of aromatic carboxylic acids is 1. The fourth-order valence-electron chi connectivity index (χ4n) is 5.27. The maximum absolute atomic E-state index is 13.0. The summed E-state index contributed by atoms with van der Waals surface area (Å²) >= 11 is 0. The molecule has 4 aromatic rings. The molecule has 0 radical (unpaired) electrons. The number of amides is 1. The van der Waals surface area contributed by atoms with E-state index in [-0.39, 0.29) is 17.4 Å². The van der Waals surface area contributed by atoms with Crippen LogP contribution in [0.25, 0.3) is 21.5 Å². The predicted octanol–water partition coefficient (Wildman–Crippen LogP) is 5.93. The van der Waals surface area contributed by atoms with E-state index in [1.807, 2.05) is 48.5 Å². The molecule has 5 rings (SSSR count). The summed E-state index contributed by atoms with van der Waals surface area (Å²) in [5.74, 6) is -1.68. The fourth-order valence-corrected chi connectivity index (χ4v) is 5.27. The molecule has 1 aliphatic rings. The third-order valence-electron chi connectivity index (χ3n) is 7.45. The lowest BCUT2D eigenvalue weighted by Gasteiger charge is -2.33. The van der Waals surface area contributed by atoms with Crippen molar-refractivity contribution in [2.45, 2.75) is 50.5 Å². The first-order valence-electron chi connectivity index (χ1n) is 13.4. The zero-order valence-electron chi connectivity index (χ0n) is 22.6. The molecule has 0 saturated heterocycles. The molecule has 0 aliphatic heterocycles. The highest BCUT2D eigenvalue weighted by Crippen LogP contribution is 2.29. The molecule has 0 spiro atoms. The predicted molar refractivity (Wildman–Crippen MR) is 158 cm³/mol. The Kier molecular flexibility index (Phi) is 8.89. The van der Waals surface area contributed by atoms with Gasteiger partial charge in [-0.3, -0.25) is 4.79 Å². The van der Waals surface area contributed by atoms with Gasteiger partial charge in [0.2, 0.25) is 0 Å². The van der Waals surface area contributed by atoms with Crippen molar-refractivity contribution in [2.75, 3.05) is 18.6 Å². The van der Waals surface area contributed by atoms with Gasteiger partial charge in [-0.15, -0.1) is 0 Å². The zero-order valence-corrected chi connectivity index (χ0v) is 22.6. The number of hydrogen-bond donors (Lipinski definition) is 4. The summed E-state index contributed by atoms with van der Waals surface area (Å²) in [6.07, 6.45) is 6.27. The Morgan fingerprint density at radius 2 is 1.15 bits per heavy atom. The van der Waals surface area contributed by atoms with E-state index >= 15 is 0 Å².